The van der Waals surface area contributed by atoms with E-state index in [1.165, 1.54) is 0 Å². The number of carboxylic acids is 1. The van der Waals surface area contributed by atoms with Crippen molar-refractivity contribution in [3.8, 4) is 0 Å². The first-order valence-electron chi connectivity index (χ1n) is 4.75. The lowest BCUT2D eigenvalue weighted by molar-refractivity contribution is -0.136. The van der Waals surface area contributed by atoms with Crippen LogP contribution >= 0.6 is 15.9 Å². The molecule has 1 rings (SSSR count). The predicted molar refractivity (Wildman–Crippen MR) is 65.5 cm³/mol. The third kappa shape index (κ3) is 3.68. The Bertz CT molecular complexity index is 394. The summed E-state index contributed by atoms with van der Waals surface area (Å²) in [6, 6.07) is 3.53. The van der Waals surface area contributed by atoms with Crippen LogP contribution in [0.1, 0.15) is 19.0 Å². The van der Waals surface area contributed by atoms with Crippen LogP contribution in [0.5, 0.6) is 0 Å². The molecule has 0 aromatic carbocycles. The lowest BCUT2D eigenvalue weighted by Crippen LogP contribution is -2.25. The largest absolute Gasteiger partial charge is 0.480 e. The van der Waals surface area contributed by atoms with Crippen molar-refractivity contribution in [2.75, 3.05) is 0 Å². The van der Waals surface area contributed by atoms with Crippen molar-refractivity contribution in [3.05, 3.63) is 28.5 Å². The standard InChI is InChI=1S/C10H12BrNO3S/c1-2-9(10(13)14)16(15)6-8-4-3-7(11)5-12-8/h3-5,9H,2,6H2,1H3,(H,13,14). The number of aromatic nitrogens is 1. The van der Waals surface area contributed by atoms with Crippen LogP contribution in [0.4, 0.5) is 0 Å². The Morgan fingerprint density at radius 3 is 2.75 bits per heavy atom. The van der Waals surface area contributed by atoms with Gasteiger partial charge in [0.1, 0.15) is 5.25 Å². The molecule has 2 unspecified atom stereocenters. The molecule has 0 spiro atoms. The van der Waals surface area contributed by atoms with Crippen LogP contribution in [0.2, 0.25) is 0 Å². The normalized spacial score (nSPS) is 14.4. The molecule has 16 heavy (non-hydrogen) atoms. The zero-order valence-electron chi connectivity index (χ0n) is 8.72. The smallest absolute Gasteiger partial charge is 0.319 e. The van der Waals surface area contributed by atoms with Crippen molar-refractivity contribution >= 4 is 32.7 Å². The van der Waals surface area contributed by atoms with Gasteiger partial charge in [-0.2, -0.15) is 0 Å². The van der Waals surface area contributed by atoms with E-state index in [0.29, 0.717) is 12.1 Å². The van der Waals surface area contributed by atoms with Crippen LogP contribution < -0.4 is 0 Å². The van der Waals surface area contributed by atoms with Gasteiger partial charge in [-0.25, -0.2) is 0 Å². The molecule has 6 heteroatoms. The molecule has 1 aromatic rings. The molecule has 88 valence electrons. The summed E-state index contributed by atoms with van der Waals surface area (Å²) < 4.78 is 12.6. The van der Waals surface area contributed by atoms with Gasteiger partial charge in [0.25, 0.3) is 0 Å². The molecule has 0 bridgehead atoms. The van der Waals surface area contributed by atoms with Gasteiger partial charge in [-0.3, -0.25) is 14.0 Å². The second-order valence-electron chi connectivity index (χ2n) is 3.23. The van der Waals surface area contributed by atoms with Crippen LogP contribution in [0.3, 0.4) is 0 Å². The summed E-state index contributed by atoms with van der Waals surface area (Å²) in [4.78, 5) is 14.9. The number of hydrogen-bond donors (Lipinski definition) is 1. The van der Waals surface area contributed by atoms with E-state index in [1.54, 1.807) is 25.3 Å². The summed E-state index contributed by atoms with van der Waals surface area (Å²) in [6.45, 7) is 1.71. The van der Waals surface area contributed by atoms with Gasteiger partial charge in [0.15, 0.2) is 0 Å². The fourth-order valence-corrected chi connectivity index (χ4v) is 2.71. The second-order valence-corrected chi connectivity index (χ2v) is 5.76. The minimum atomic E-state index is -1.42. The number of rotatable bonds is 5. The van der Waals surface area contributed by atoms with E-state index in [9.17, 15) is 9.00 Å². The monoisotopic (exact) mass is 305 g/mol. The Labute approximate surface area is 105 Å². The number of pyridine rings is 1. The van der Waals surface area contributed by atoms with Gasteiger partial charge in [-0.05, 0) is 34.5 Å². The zero-order valence-corrected chi connectivity index (χ0v) is 11.1. The van der Waals surface area contributed by atoms with Crippen molar-refractivity contribution in [3.63, 3.8) is 0 Å². The van der Waals surface area contributed by atoms with Crippen molar-refractivity contribution < 1.29 is 14.1 Å². The molecule has 4 nitrogen and oxygen atoms in total. The average Bonchev–Trinajstić information content (AvgIpc) is 2.22. The highest BCUT2D eigenvalue weighted by atomic mass is 79.9. The molecule has 0 amide bonds. The van der Waals surface area contributed by atoms with Crippen LogP contribution in [-0.2, 0) is 21.3 Å². The van der Waals surface area contributed by atoms with E-state index in [0.717, 1.165) is 4.47 Å². The summed E-state index contributed by atoms with van der Waals surface area (Å²) in [5.41, 5.74) is 0.640. The molecule has 0 saturated heterocycles. The predicted octanol–water partition coefficient (Wildman–Crippen LogP) is 1.96. The minimum Gasteiger partial charge on any atom is -0.480 e. The minimum absolute atomic E-state index is 0.179. The lowest BCUT2D eigenvalue weighted by atomic mass is 10.3. The molecule has 2 atom stereocenters. The molecule has 0 aliphatic carbocycles. The third-order valence-corrected chi connectivity index (χ3v) is 4.26. The Hall–Kier alpha value is -0.750. The number of carboxylic acid groups (broad SMARTS) is 1. The van der Waals surface area contributed by atoms with Crippen LogP contribution in [0.15, 0.2) is 22.8 Å². The Morgan fingerprint density at radius 1 is 1.62 bits per heavy atom. The zero-order chi connectivity index (χ0) is 12.1. The number of aliphatic carboxylic acids is 1. The van der Waals surface area contributed by atoms with Gasteiger partial charge in [0, 0.05) is 21.5 Å². The number of nitrogens with zero attached hydrogens (tertiary/aromatic N) is 1. The first-order valence-corrected chi connectivity index (χ1v) is 6.92. The summed E-state index contributed by atoms with van der Waals surface area (Å²) in [6.07, 6.45) is 1.97. The van der Waals surface area contributed by atoms with Crippen molar-refractivity contribution in [1.82, 2.24) is 4.98 Å². The van der Waals surface area contributed by atoms with Gasteiger partial charge in [0.2, 0.25) is 0 Å². The van der Waals surface area contributed by atoms with Crippen molar-refractivity contribution in [1.29, 1.82) is 0 Å². The maximum atomic E-state index is 11.7. The van der Waals surface area contributed by atoms with Crippen LogP contribution in [0, 0.1) is 0 Å². The maximum absolute atomic E-state index is 11.7. The Balaban J connectivity index is 2.70. The Kier molecular flexibility index (Phi) is 5.08. The highest BCUT2D eigenvalue weighted by Gasteiger charge is 2.22. The number of carbonyl (C=O) groups is 1. The van der Waals surface area contributed by atoms with Gasteiger partial charge in [-0.1, -0.05) is 6.92 Å². The Morgan fingerprint density at radius 2 is 2.31 bits per heavy atom. The fourth-order valence-electron chi connectivity index (χ4n) is 1.21. The van der Waals surface area contributed by atoms with E-state index in [2.05, 4.69) is 20.9 Å². The number of hydrogen-bond acceptors (Lipinski definition) is 3. The van der Waals surface area contributed by atoms with E-state index >= 15 is 0 Å². The van der Waals surface area contributed by atoms with E-state index in [-0.39, 0.29) is 5.75 Å². The van der Waals surface area contributed by atoms with Gasteiger partial charge in [-0.15, -0.1) is 0 Å². The van der Waals surface area contributed by atoms with Crippen molar-refractivity contribution in [2.24, 2.45) is 0 Å². The van der Waals surface area contributed by atoms with E-state index in [4.69, 9.17) is 5.11 Å². The molecule has 0 aliphatic heterocycles. The highest BCUT2D eigenvalue weighted by Crippen LogP contribution is 2.11. The topological polar surface area (TPSA) is 67.3 Å². The average molecular weight is 306 g/mol. The third-order valence-electron chi connectivity index (χ3n) is 2.04. The van der Waals surface area contributed by atoms with Crippen LogP contribution in [0.25, 0.3) is 0 Å². The molecule has 0 radical (unpaired) electrons. The molecule has 1 aromatic heterocycles. The first kappa shape index (κ1) is 13.3. The SMILES string of the molecule is CCC(C(=O)O)S(=O)Cc1ccc(Br)cn1. The molecular formula is C10H12BrNO3S. The molecule has 1 N–H and O–H groups in total. The van der Waals surface area contributed by atoms with Crippen molar-refractivity contribution in [2.45, 2.75) is 24.3 Å². The molecule has 0 fully saturated rings. The van der Waals surface area contributed by atoms with E-state index in [1.807, 2.05) is 0 Å². The molecule has 0 saturated carbocycles. The van der Waals surface area contributed by atoms with E-state index < -0.39 is 22.0 Å². The number of halogens is 1. The molecule has 1 heterocycles. The first-order chi connectivity index (χ1) is 7.54. The molecular weight excluding hydrogens is 294 g/mol. The van der Waals surface area contributed by atoms with Gasteiger partial charge >= 0.3 is 5.97 Å². The fraction of sp³-hybridized carbons (Fsp3) is 0.400. The summed E-state index contributed by atoms with van der Waals surface area (Å²) in [7, 11) is -1.42. The lowest BCUT2D eigenvalue weighted by Gasteiger charge is -2.08. The summed E-state index contributed by atoms with van der Waals surface area (Å²) in [5.74, 6) is -0.837. The molecule has 0 aliphatic rings. The highest BCUT2D eigenvalue weighted by molar-refractivity contribution is 9.10. The maximum Gasteiger partial charge on any atom is 0.319 e. The summed E-state index contributed by atoms with van der Waals surface area (Å²) >= 11 is 3.25. The van der Waals surface area contributed by atoms with Gasteiger partial charge in [0.05, 0.1) is 11.4 Å². The van der Waals surface area contributed by atoms with Gasteiger partial charge < -0.3 is 5.11 Å². The second kappa shape index (κ2) is 6.10. The van der Waals surface area contributed by atoms with Crippen LogP contribution in [-0.4, -0.2) is 25.5 Å². The summed E-state index contributed by atoms with van der Waals surface area (Å²) in [5, 5.41) is 8.03. The quantitative estimate of drug-likeness (QED) is 0.903.